The summed E-state index contributed by atoms with van der Waals surface area (Å²) in [7, 11) is 0. The number of amides is 1. The Balaban J connectivity index is 1.60. The number of aliphatic hydroxyl groups is 1. The van der Waals surface area contributed by atoms with Crippen LogP contribution in [0.4, 0.5) is 5.82 Å². The van der Waals surface area contributed by atoms with Crippen LogP contribution in [0.1, 0.15) is 30.9 Å². The Kier molecular flexibility index (Phi) is 6.44. The molecule has 0 bridgehead atoms. The van der Waals surface area contributed by atoms with E-state index in [2.05, 4.69) is 50.0 Å². The summed E-state index contributed by atoms with van der Waals surface area (Å²) in [6.45, 7) is 2.51. The highest BCUT2D eigenvalue weighted by atomic mass is 127. The van der Waals surface area contributed by atoms with Gasteiger partial charge in [0, 0.05) is 21.6 Å². The first-order chi connectivity index (χ1) is 14.4. The fourth-order valence-electron chi connectivity index (χ4n) is 3.56. The molecule has 1 amide bonds. The van der Waals surface area contributed by atoms with Crippen molar-refractivity contribution in [2.24, 2.45) is 0 Å². The number of carbonyl (C=O) groups excluding carboxylic acids is 1. The molecule has 4 N–H and O–H groups in total. The maximum Gasteiger partial charge on any atom is 0.248 e. The zero-order valence-electron chi connectivity index (χ0n) is 16.6. The molecule has 1 atom stereocenters. The highest BCUT2D eigenvalue weighted by Crippen LogP contribution is 2.37. The smallest absolute Gasteiger partial charge is 0.248 e. The van der Waals surface area contributed by atoms with Gasteiger partial charge in [-0.1, -0.05) is 11.8 Å². The van der Waals surface area contributed by atoms with Crippen molar-refractivity contribution in [3.8, 4) is 0 Å². The fourth-order valence-corrected chi connectivity index (χ4v) is 5.40. The number of hydrogen-bond donors (Lipinski definition) is 3. The molecule has 3 aromatic rings. The number of imidazole rings is 1. The van der Waals surface area contributed by atoms with E-state index in [9.17, 15) is 9.90 Å². The van der Waals surface area contributed by atoms with Crippen LogP contribution in [-0.2, 0) is 24.2 Å². The summed E-state index contributed by atoms with van der Waals surface area (Å²) in [5, 5.41) is 12.8. The Bertz CT molecular complexity index is 1100. The van der Waals surface area contributed by atoms with Crippen LogP contribution in [0.5, 0.6) is 0 Å². The summed E-state index contributed by atoms with van der Waals surface area (Å²) in [5.41, 5.74) is 10.2. The first kappa shape index (κ1) is 21.3. The largest absolute Gasteiger partial charge is 0.384 e. The lowest BCUT2D eigenvalue weighted by atomic mass is 10.1. The summed E-state index contributed by atoms with van der Waals surface area (Å²) in [6.07, 6.45) is 4.58. The Morgan fingerprint density at radius 1 is 1.37 bits per heavy atom. The number of benzene rings is 1. The second kappa shape index (κ2) is 9.06. The summed E-state index contributed by atoms with van der Waals surface area (Å²) in [4.78, 5) is 25.9. The lowest BCUT2D eigenvalue weighted by Gasteiger charge is -2.11. The van der Waals surface area contributed by atoms with Crippen molar-refractivity contribution in [3.63, 3.8) is 0 Å². The van der Waals surface area contributed by atoms with Gasteiger partial charge in [-0.2, -0.15) is 0 Å². The number of halogens is 1. The standard InChI is InChI=1S/C20H23IN6O2S/c1-11(28)19(29)23-6-3-7-27-18-16(17(22)24-10-25-18)26-20(27)30-15-9-13-5-2-4-12(13)8-14(15)21/h8-11,28H,2-7H2,1H3,(H,23,29)(H2,22,24,25). The number of aryl methyl sites for hydroxylation is 3. The van der Waals surface area contributed by atoms with Gasteiger partial charge >= 0.3 is 0 Å². The minimum atomic E-state index is -1.01. The number of fused-ring (bicyclic) bond motifs is 2. The van der Waals surface area contributed by atoms with Gasteiger partial charge in [-0.15, -0.1) is 0 Å². The maximum atomic E-state index is 11.6. The first-order valence-electron chi connectivity index (χ1n) is 9.85. The number of nitrogens with zero attached hydrogens (tertiary/aromatic N) is 4. The van der Waals surface area contributed by atoms with Gasteiger partial charge in [0.25, 0.3) is 0 Å². The van der Waals surface area contributed by atoms with E-state index in [-0.39, 0.29) is 5.91 Å². The van der Waals surface area contributed by atoms with E-state index in [0.29, 0.717) is 36.5 Å². The SMILES string of the molecule is CC(O)C(=O)NCCCn1c(Sc2cc3c(cc2I)CCC3)nc2c(N)ncnc21. The summed E-state index contributed by atoms with van der Waals surface area (Å²) in [6, 6.07) is 4.55. The van der Waals surface area contributed by atoms with E-state index in [1.165, 1.54) is 39.3 Å². The molecule has 4 rings (SSSR count). The van der Waals surface area contributed by atoms with Gasteiger partial charge in [-0.05, 0) is 78.5 Å². The van der Waals surface area contributed by atoms with Gasteiger partial charge in [0.2, 0.25) is 5.91 Å². The summed E-state index contributed by atoms with van der Waals surface area (Å²) in [5.74, 6) is -0.0222. The molecule has 30 heavy (non-hydrogen) atoms. The van der Waals surface area contributed by atoms with Crippen molar-refractivity contribution in [1.29, 1.82) is 0 Å². The number of aliphatic hydroxyl groups excluding tert-OH is 1. The number of carbonyl (C=O) groups is 1. The second-order valence-corrected chi connectivity index (χ2v) is 9.48. The molecule has 10 heteroatoms. The number of anilines is 1. The van der Waals surface area contributed by atoms with E-state index in [1.807, 2.05) is 4.57 Å². The molecule has 0 aliphatic heterocycles. The Labute approximate surface area is 192 Å². The fraction of sp³-hybridized carbons (Fsp3) is 0.400. The summed E-state index contributed by atoms with van der Waals surface area (Å²) < 4.78 is 3.23. The van der Waals surface area contributed by atoms with Crippen LogP contribution in [0.15, 0.2) is 28.5 Å². The maximum absolute atomic E-state index is 11.6. The van der Waals surface area contributed by atoms with Crippen molar-refractivity contribution in [2.45, 2.75) is 55.3 Å². The monoisotopic (exact) mass is 538 g/mol. The molecule has 0 radical (unpaired) electrons. The van der Waals surface area contributed by atoms with E-state index >= 15 is 0 Å². The lowest BCUT2D eigenvalue weighted by Crippen LogP contribution is -2.33. The highest BCUT2D eigenvalue weighted by molar-refractivity contribution is 14.1. The Morgan fingerprint density at radius 3 is 2.90 bits per heavy atom. The molecule has 0 fully saturated rings. The highest BCUT2D eigenvalue weighted by Gasteiger charge is 2.19. The average Bonchev–Trinajstić information content (AvgIpc) is 3.30. The van der Waals surface area contributed by atoms with Crippen LogP contribution in [0.3, 0.4) is 0 Å². The van der Waals surface area contributed by atoms with Crippen LogP contribution < -0.4 is 11.1 Å². The molecule has 0 spiro atoms. The van der Waals surface area contributed by atoms with Crippen LogP contribution in [-0.4, -0.2) is 43.2 Å². The molecular formula is C20H23IN6O2S. The number of hydrogen-bond acceptors (Lipinski definition) is 7. The van der Waals surface area contributed by atoms with Crippen molar-refractivity contribution in [2.75, 3.05) is 12.3 Å². The van der Waals surface area contributed by atoms with Gasteiger partial charge in [0.15, 0.2) is 22.1 Å². The van der Waals surface area contributed by atoms with Crippen LogP contribution in [0.2, 0.25) is 0 Å². The Hall–Kier alpha value is -1.92. The molecule has 1 aromatic carbocycles. The minimum Gasteiger partial charge on any atom is -0.384 e. The summed E-state index contributed by atoms with van der Waals surface area (Å²) >= 11 is 3.99. The van der Waals surface area contributed by atoms with E-state index in [1.54, 1.807) is 11.8 Å². The number of aromatic nitrogens is 4. The van der Waals surface area contributed by atoms with Gasteiger partial charge in [0.1, 0.15) is 12.4 Å². The molecule has 0 saturated carbocycles. The van der Waals surface area contributed by atoms with Crippen molar-refractivity contribution < 1.29 is 9.90 Å². The topological polar surface area (TPSA) is 119 Å². The van der Waals surface area contributed by atoms with Crippen LogP contribution in [0, 0.1) is 3.57 Å². The molecule has 1 unspecified atom stereocenters. The number of nitrogen functional groups attached to an aromatic ring is 1. The average molecular weight is 538 g/mol. The van der Waals surface area contributed by atoms with Crippen LogP contribution >= 0.6 is 34.4 Å². The Morgan fingerprint density at radius 2 is 2.13 bits per heavy atom. The number of nitrogens with one attached hydrogen (secondary N) is 1. The van der Waals surface area contributed by atoms with Crippen molar-refractivity contribution >= 4 is 57.2 Å². The third-order valence-electron chi connectivity index (χ3n) is 5.11. The lowest BCUT2D eigenvalue weighted by molar-refractivity contribution is -0.128. The molecule has 1 aliphatic rings. The molecule has 2 aromatic heterocycles. The predicted octanol–water partition coefficient (Wildman–Crippen LogP) is 2.54. The quantitative estimate of drug-likeness (QED) is 0.313. The molecule has 1 aliphatic carbocycles. The molecule has 8 nitrogen and oxygen atoms in total. The van der Waals surface area contributed by atoms with E-state index < -0.39 is 6.10 Å². The predicted molar refractivity (Wildman–Crippen MR) is 124 cm³/mol. The first-order valence-corrected chi connectivity index (χ1v) is 11.7. The zero-order valence-corrected chi connectivity index (χ0v) is 19.5. The van der Waals surface area contributed by atoms with Gasteiger partial charge in [0.05, 0.1) is 0 Å². The van der Waals surface area contributed by atoms with Gasteiger partial charge < -0.3 is 20.7 Å². The second-order valence-electron chi connectivity index (χ2n) is 7.30. The molecular weight excluding hydrogens is 515 g/mol. The van der Waals surface area contributed by atoms with Gasteiger partial charge in [-0.3, -0.25) is 4.79 Å². The normalized spacial score (nSPS) is 14.1. The van der Waals surface area contributed by atoms with Crippen molar-refractivity contribution in [1.82, 2.24) is 24.8 Å². The number of nitrogens with two attached hydrogens (primary N) is 1. The minimum absolute atomic E-state index is 0.353. The molecule has 0 saturated heterocycles. The van der Waals surface area contributed by atoms with Gasteiger partial charge in [-0.25, -0.2) is 15.0 Å². The number of rotatable bonds is 7. The van der Waals surface area contributed by atoms with E-state index in [4.69, 9.17) is 10.7 Å². The van der Waals surface area contributed by atoms with Crippen molar-refractivity contribution in [3.05, 3.63) is 33.2 Å². The zero-order chi connectivity index (χ0) is 21.3. The van der Waals surface area contributed by atoms with Crippen LogP contribution in [0.25, 0.3) is 11.2 Å². The van der Waals surface area contributed by atoms with E-state index in [0.717, 1.165) is 18.0 Å². The molecule has 2 heterocycles. The molecule has 158 valence electrons. The third kappa shape index (κ3) is 4.40. The third-order valence-corrected chi connectivity index (χ3v) is 7.42.